The standard InChI is InChI=1S/C33H40ClN3O4S/c1-4-26-10-6-9-13-31(26)37(42(40,41)29-20-14-24(3)15-21-29)23-32(38)36(22-25-16-18-27(34)19-17-25)30(5-2)33(39)35-28-11-7-8-12-28/h6,9-10,13-21,28,30H,4-5,7-8,11-12,22-23H2,1-3H3,(H,35,39). The lowest BCUT2D eigenvalue weighted by molar-refractivity contribution is -0.140. The van der Waals surface area contributed by atoms with Crippen molar-refractivity contribution in [3.05, 3.63) is 94.5 Å². The van der Waals surface area contributed by atoms with E-state index in [4.69, 9.17) is 11.6 Å². The van der Waals surface area contributed by atoms with Crippen molar-refractivity contribution < 1.29 is 18.0 Å². The van der Waals surface area contributed by atoms with Gasteiger partial charge in [-0.15, -0.1) is 0 Å². The van der Waals surface area contributed by atoms with Gasteiger partial charge in [0.05, 0.1) is 10.6 Å². The van der Waals surface area contributed by atoms with E-state index >= 15 is 0 Å². The molecule has 1 aliphatic rings. The summed E-state index contributed by atoms with van der Waals surface area (Å²) in [4.78, 5) is 29.5. The molecule has 0 aromatic heterocycles. The summed E-state index contributed by atoms with van der Waals surface area (Å²) in [5.74, 6) is -0.673. The van der Waals surface area contributed by atoms with Gasteiger partial charge in [0.25, 0.3) is 10.0 Å². The van der Waals surface area contributed by atoms with Crippen LogP contribution < -0.4 is 9.62 Å². The fourth-order valence-electron chi connectivity index (χ4n) is 5.48. The van der Waals surface area contributed by atoms with Crippen molar-refractivity contribution in [2.24, 2.45) is 0 Å². The van der Waals surface area contributed by atoms with Gasteiger partial charge in [-0.2, -0.15) is 0 Å². The van der Waals surface area contributed by atoms with Gasteiger partial charge >= 0.3 is 0 Å². The first kappa shape index (κ1) is 31.6. The summed E-state index contributed by atoms with van der Waals surface area (Å²) in [6, 6.07) is 20.3. The lowest BCUT2D eigenvalue weighted by Gasteiger charge is -2.34. The van der Waals surface area contributed by atoms with Gasteiger partial charge in [-0.3, -0.25) is 13.9 Å². The summed E-state index contributed by atoms with van der Waals surface area (Å²) in [5, 5.41) is 3.70. The van der Waals surface area contributed by atoms with Gasteiger partial charge in [-0.25, -0.2) is 8.42 Å². The van der Waals surface area contributed by atoms with E-state index in [1.165, 1.54) is 9.21 Å². The molecule has 3 aromatic carbocycles. The summed E-state index contributed by atoms with van der Waals surface area (Å²) >= 11 is 6.11. The van der Waals surface area contributed by atoms with Crippen LogP contribution in [0.1, 0.15) is 62.6 Å². The van der Waals surface area contributed by atoms with Gasteiger partial charge in [0.1, 0.15) is 12.6 Å². The summed E-state index contributed by atoms with van der Waals surface area (Å²) in [7, 11) is -4.11. The number of sulfonamides is 1. The molecule has 0 heterocycles. The molecule has 9 heteroatoms. The first-order valence-electron chi connectivity index (χ1n) is 14.7. The van der Waals surface area contributed by atoms with Crippen LogP contribution in [0.15, 0.2) is 77.7 Å². The SMILES string of the molecule is CCc1ccccc1N(CC(=O)N(Cc1ccc(Cl)cc1)C(CC)C(=O)NC1CCCC1)S(=O)(=O)c1ccc(C)cc1. The summed E-state index contributed by atoms with van der Waals surface area (Å²) < 4.78 is 29.5. The molecule has 2 amide bonds. The Labute approximate surface area is 254 Å². The Balaban J connectivity index is 1.74. The molecule has 0 spiro atoms. The minimum Gasteiger partial charge on any atom is -0.352 e. The molecule has 1 fully saturated rings. The molecule has 42 heavy (non-hydrogen) atoms. The van der Waals surface area contributed by atoms with Gasteiger partial charge in [0, 0.05) is 17.6 Å². The summed E-state index contributed by atoms with van der Waals surface area (Å²) in [6.45, 7) is 5.40. The Morgan fingerprint density at radius 1 is 0.952 bits per heavy atom. The van der Waals surface area contributed by atoms with E-state index in [0.717, 1.165) is 42.4 Å². The van der Waals surface area contributed by atoms with E-state index in [9.17, 15) is 18.0 Å². The lowest BCUT2D eigenvalue weighted by Crippen LogP contribution is -2.53. The predicted octanol–water partition coefficient (Wildman–Crippen LogP) is 6.27. The molecule has 3 aromatic rings. The van der Waals surface area contributed by atoms with Gasteiger partial charge in [0.2, 0.25) is 11.8 Å². The van der Waals surface area contributed by atoms with Crippen molar-refractivity contribution in [2.75, 3.05) is 10.8 Å². The molecule has 0 bridgehead atoms. The maximum Gasteiger partial charge on any atom is 0.264 e. The second-order valence-electron chi connectivity index (χ2n) is 10.9. The zero-order valence-electron chi connectivity index (χ0n) is 24.6. The third-order valence-corrected chi connectivity index (χ3v) is 9.91. The normalized spacial score (nSPS) is 14.4. The molecule has 1 unspecified atom stereocenters. The highest BCUT2D eigenvalue weighted by atomic mass is 35.5. The summed E-state index contributed by atoms with van der Waals surface area (Å²) in [6.07, 6.45) is 4.94. The Morgan fingerprint density at radius 3 is 2.21 bits per heavy atom. The zero-order valence-corrected chi connectivity index (χ0v) is 26.1. The molecule has 224 valence electrons. The van der Waals surface area contributed by atoms with E-state index in [1.54, 1.807) is 48.5 Å². The fraction of sp³-hybridized carbons (Fsp3) is 0.394. The van der Waals surface area contributed by atoms with Crippen LogP contribution in [0.5, 0.6) is 0 Å². The first-order chi connectivity index (χ1) is 20.1. The minimum absolute atomic E-state index is 0.0916. The van der Waals surface area contributed by atoms with Crippen molar-refractivity contribution in [3.63, 3.8) is 0 Å². The number of halogens is 1. The van der Waals surface area contributed by atoms with Crippen LogP contribution in [0.3, 0.4) is 0 Å². The molecule has 0 aliphatic heterocycles. The number of carbonyl (C=O) groups is 2. The second-order valence-corrected chi connectivity index (χ2v) is 13.2. The smallest absolute Gasteiger partial charge is 0.264 e. The highest BCUT2D eigenvalue weighted by Gasteiger charge is 2.35. The van der Waals surface area contributed by atoms with Crippen LogP contribution in [0, 0.1) is 6.92 Å². The Morgan fingerprint density at radius 2 is 1.60 bits per heavy atom. The number of aryl methyl sites for hydroxylation is 2. The van der Waals surface area contributed by atoms with Crippen LogP contribution >= 0.6 is 11.6 Å². The predicted molar refractivity (Wildman–Crippen MR) is 168 cm³/mol. The van der Waals surface area contributed by atoms with E-state index < -0.39 is 28.5 Å². The van der Waals surface area contributed by atoms with Crippen molar-refractivity contribution in [2.45, 2.75) is 82.8 Å². The number of hydrogen-bond acceptors (Lipinski definition) is 4. The van der Waals surface area contributed by atoms with Gasteiger partial charge < -0.3 is 10.2 Å². The number of rotatable bonds is 12. The Bertz CT molecular complexity index is 1470. The van der Waals surface area contributed by atoms with E-state index in [1.807, 2.05) is 45.0 Å². The number of anilines is 1. The van der Waals surface area contributed by atoms with Crippen LogP contribution in [0.25, 0.3) is 0 Å². The van der Waals surface area contributed by atoms with Crippen LogP contribution in [0.4, 0.5) is 5.69 Å². The minimum atomic E-state index is -4.11. The molecular weight excluding hydrogens is 570 g/mol. The topological polar surface area (TPSA) is 86.8 Å². The quantitative estimate of drug-likeness (QED) is 0.262. The first-order valence-corrected chi connectivity index (χ1v) is 16.5. The number of carbonyl (C=O) groups excluding carboxylic acids is 2. The monoisotopic (exact) mass is 609 g/mol. The van der Waals surface area contributed by atoms with Crippen molar-refractivity contribution in [1.29, 1.82) is 0 Å². The number of nitrogens with one attached hydrogen (secondary N) is 1. The third-order valence-electron chi connectivity index (χ3n) is 7.88. The molecule has 7 nitrogen and oxygen atoms in total. The molecule has 1 aliphatic carbocycles. The third kappa shape index (κ3) is 7.53. The van der Waals surface area contributed by atoms with Crippen LogP contribution in [0.2, 0.25) is 5.02 Å². The Hall–Kier alpha value is -3.36. The van der Waals surface area contributed by atoms with E-state index in [0.29, 0.717) is 23.6 Å². The van der Waals surface area contributed by atoms with Crippen molar-refractivity contribution in [3.8, 4) is 0 Å². The van der Waals surface area contributed by atoms with E-state index in [-0.39, 0.29) is 23.4 Å². The number of para-hydroxylation sites is 1. The largest absolute Gasteiger partial charge is 0.352 e. The average Bonchev–Trinajstić information content (AvgIpc) is 3.50. The van der Waals surface area contributed by atoms with Crippen molar-refractivity contribution >= 4 is 39.1 Å². The molecule has 1 N–H and O–H groups in total. The molecule has 1 atom stereocenters. The maximum atomic E-state index is 14.3. The molecular formula is C33H40ClN3O4S. The van der Waals surface area contributed by atoms with Gasteiger partial charge in [-0.1, -0.05) is 86.3 Å². The van der Waals surface area contributed by atoms with Gasteiger partial charge in [-0.05, 0) is 74.1 Å². The zero-order chi connectivity index (χ0) is 30.3. The van der Waals surface area contributed by atoms with Crippen LogP contribution in [-0.4, -0.2) is 43.8 Å². The number of amides is 2. The summed E-state index contributed by atoms with van der Waals surface area (Å²) in [5.41, 5.74) is 2.97. The molecule has 0 radical (unpaired) electrons. The molecule has 0 saturated heterocycles. The Kier molecular flexibility index (Phi) is 10.7. The number of nitrogens with zero attached hydrogens (tertiary/aromatic N) is 2. The van der Waals surface area contributed by atoms with Crippen LogP contribution in [-0.2, 0) is 32.6 Å². The highest BCUT2D eigenvalue weighted by Crippen LogP contribution is 2.29. The fourth-order valence-corrected chi connectivity index (χ4v) is 7.06. The molecule has 4 rings (SSSR count). The number of benzene rings is 3. The van der Waals surface area contributed by atoms with E-state index in [2.05, 4.69) is 5.32 Å². The van der Waals surface area contributed by atoms with Crippen molar-refractivity contribution in [1.82, 2.24) is 10.2 Å². The lowest BCUT2D eigenvalue weighted by atomic mass is 10.1. The maximum absolute atomic E-state index is 14.3. The second kappa shape index (κ2) is 14.2. The average molecular weight is 610 g/mol. The number of hydrogen-bond donors (Lipinski definition) is 1. The highest BCUT2D eigenvalue weighted by molar-refractivity contribution is 7.92. The van der Waals surface area contributed by atoms with Gasteiger partial charge in [0.15, 0.2) is 0 Å². The molecule has 1 saturated carbocycles.